The van der Waals surface area contributed by atoms with Gasteiger partial charge in [-0.25, -0.2) is 0 Å². The molecule has 0 spiro atoms. The fraction of sp³-hybridized carbons (Fsp3) is 0.636. The van der Waals surface area contributed by atoms with E-state index in [4.69, 9.17) is 9.47 Å². The first kappa shape index (κ1) is 17.7. The number of halogens is 1. The van der Waals surface area contributed by atoms with Crippen LogP contribution in [0.2, 0.25) is 0 Å². The van der Waals surface area contributed by atoms with Gasteiger partial charge in [-0.15, -0.1) is 0 Å². The SMILES string of the molecule is C=Cc1cc(I)c(OC2(C(C)C)C3CC4CC(C3)CC2C4)c(OC)c1. The quantitative estimate of drug-likeness (QED) is 0.498. The maximum Gasteiger partial charge on any atom is 0.175 e. The van der Waals surface area contributed by atoms with Crippen molar-refractivity contribution in [3.8, 4) is 11.5 Å². The Bertz CT molecular complexity index is 651. The fourth-order valence-corrected chi connectivity index (χ4v) is 7.02. The Morgan fingerprint density at radius 1 is 1.12 bits per heavy atom. The maximum absolute atomic E-state index is 7.03. The van der Waals surface area contributed by atoms with E-state index in [-0.39, 0.29) is 5.60 Å². The summed E-state index contributed by atoms with van der Waals surface area (Å²) < 4.78 is 13.9. The van der Waals surface area contributed by atoms with Crippen molar-refractivity contribution in [2.45, 2.75) is 51.6 Å². The van der Waals surface area contributed by atoms with Crippen LogP contribution >= 0.6 is 22.6 Å². The monoisotopic (exact) mass is 452 g/mol. The van der Waals surface area contributed by atoms with Crippen molar-refractivity contribution in [3.05, 3.63) is 27.8 Å². The predicted octanol–water partition coefficient (Wildman–Crippen LogP) is 6.17. The van der Waals surface area contributed by atoms with Crippen molar-refractivity contribution in [1.29, 1.82) is 0 Å². The van der Waals surface area contributed by atoms with Crippen molar-refractivity contribution in [2.75, 3.05) is 7.11 Å². The largest absolute Gasteiger partial charge is 0.493 e. The van der Waals surface area contributed by atoms with Crippen LogP contribution in [0.15, 0.2) is 18.7 Å². The summed E-state index contributed by atoms with van der Waals surface area (Å²) in [6.07, 6.45) is 8.76. The van der Waals surface area contributed by atoms with Crippen LogP contribution in [-0.4, -0.2) is 12.7 Å². The molecule has 0 radical (unpaired) electrons. The van der Waals surface area contributed by atoms with E-state index in [1.807, 2.05) is 6.08 Å². The smallest absolute Gasteiger partial charge is 0.175 e. The molecule has 5 rings (SSSR count). The van der Waals surface area contributed by atoms with Crippen LogP contribution in [0.3, 0.4) is 0 Å². The van der Waals surface area contributed by atoms with E-state index in [0.29, 0.717) is 17.8 Å². The minimum Gasteiger partial charge on any atom is -0.493 e. The third kappa shape index (κ3) is 2.72. The second-order valence-electron chi connectivity index (χ2n) is 8.65. The predicted molar refractivity (Wildman–Crippen MR) is 111 cm³/mol. The normalized spacial score (nSPS) is 35.9. The maximum atomic E-state index is 7.03. The van der Waals surface area contributed by atoms with E-state index >= 15 is 0 Å². The van der Waals surface area contributed by atoms with Crippen LogP contribution in [0.1, 0.15) is 51.5 Å². The van der Waals surface area contributed by atoms with Crippen LogP contribution in [0.5, 0.6) is 11.5 Å². The first-order chi connectivity index (χ1) is 12.0. The van der Waals surface area contributed by atoms with E-state index in [1.165, 1.54) is 32.1 Å². The lowest BCUT2D eigenvalue weighted by Crippen LogP contribution is -2.63. The molecule has 4 bridgehead atoms. The molecule has 0 saturated heterocycles. The van der Waals surface area contributed by atoms with Crippen LogP contribution < -0.4 is 9.47 Å². The highest BCUT2D eigenvalue weighted by Crippen LogP contribution is 2.62. The molecule has 136 valence electrons. The molecule has 0 amide bonds. The molecule has 0 atom stereocenters. The average molecular weight is 452 g/mol. The molecule has 4 fully saturated rings. The highest BCUT2D eigenvalue weighted by Gasteiger charge is 2.60. The fourth-order valence-electron chi connectivity index (χ4n) is 6.28. The summed E-state index contributed by atoms with van der Waals surface area (Å²) in [5.41, 5.74) is 1.05. The second-order valence-corrected chi connectivity index (χ2v) is 9.82. The van der Waals surface area contributed by atoms with Gasteiger partial charge in [0.25, 0.3) is 0 Å². The molecule has 0 heterocycles. The zero-order valence-electron chi connectivity index (χ0n) is 15.6. The molecule has 2 nitrogen and oxygen atoms in total. The van der Waals surface area contributed by atoms with Gasteiger partial charge in [0.1, 0.15) is 5.60 Å². The Balaban J connectivity index is 1.76. The van der Waals surface area contributed by atoms with Crippen LogP contribution in [-0.2, 0) is 0 Å². The third-order valence-corrected chi connectivity index (χ3v) is 7.88. The number of ether oxygens (including phenoxy) is 2. The molecular weight excluding hydrogens is 423 g/mol. The van der Waals surface area contributed by atoms with Crippen LogP contribution in [0.4, 0.5) is 0 Å². The van der Waals surface area contributed by atoms with Gasteiger partial charge < -0.3 is 9.47 Å². The van der Waals surface area contributed by atoms with E-state index in [2.05, 4.69) is 55.2 Å². The molecule has 0 unspecified atom stereocenters. The Morgan fingerprint density at radius 3 is 2.20 bits per heavy atom. The van der Waals surface area contributed by atoms with Gasteiger partial charge in [-0.3, -0.25) is 0 Å². The molecule has 3 heteroatoms. The number of benzene rings is 1. The van der Waals surface area contributed by atoms with Crippen molar-refractivity contribution in [2.24, 2.45) is 29.6 Å². The van der Waals surface area contributed by atoms with E-state index in [0.717, 1.165) is 32.5 Å². The van der Waals surface area contributed by atoms with Gasteiger partial charge in [-0.2, -0.15) is 0 Å². The topological polar surface area (TPSA) is 18.5 Å². The minimum atomic E-state index is -0.0314. The lowest BCUT2D eigenvalue weighted by molar-refractivity contribution is -0.180. The van der Waals surface area contributed by atoms with Gasteiger partial charge in [0, 0.05) is 0 Å². The molecule has 4 saturated carbocycles. The van der Waals surface area contributed by atoms with Gasteiger partial charge in [-0.1, -0.05) is 26.5 Å². The Labute approximate surface area is 165 Å². The molecule has 1 aromatic rings. The lowest BCUT2D eigenvalue weighted by Gasteiger charge is -2.62. The number of hydrogen-bond donors (Lipinski definition) is 0. The van der Waals surface area contributed by atoms with Gasteiger partial charge in [0.05, 0.1) is 10.7 Å². The zero-order valence-corrected chi connectivity index (χ0v) is 17.7. The summed E-state index contributed by atoms with van der Waals surface area (Å²) in [5.74, 6) is 5.59. The standard InChI is InChI=1S/C22H29IO2/c1-5-14-11-19(23)21(20(12-14)24-4)25-22(13(2)3)17-7-15-6-16(9-17)10-18(22)8-15/h5,11-13,15-18H,1,6-10H2,2-4H3. The summed E-state index contributed by atoms with van der Waals surface area (Å²) in [6.45, 7) is 8.62. The van der Waals surface area contributed by atoms with Crippen molar-refractivity contribution in [1.82, 2.24) is 0 Å². The number of methoxy groups -OCH3 is 1. The second kappa shape index (κ2) is 6.47. The number of rotatable bonds is 5. The Morgan fingerprint density at radius 2 is 1.72 bits per heavy atom. The summed E-state index contributed by atoms with van der Waals surface area (Å²) in [4.78, 5) is 0. The van der Waals surface area contributed by atoms with E-state index in [9.17, 15) is 0 Å². The molecule has 4 aliphatic carbocycles. The Hall–Kier alpha value is -0.710. The van der Waals surface area contributed by atoms with Gasteiger partial charge >= 0.3 is 0 Å². The summed E-state index contributed by atoms with van der Waals surface area (Å²) in [5, 5.41) is 0. The third-order valence-electron chi connectivity index (χ3n) is 7.08. The first-order valence-corrected chi connectivity index (χ1v) is 10.7. The summed E-state index contributed by atoms with van der Waals surface area (Å²) in [6, 6.07) is 4.20. The zero-order chi connectivity index (χ0) is 17.8. The van der Waals surface area contributed by atoms with Gasteiger partial charge in [0.2, 0.25) is 0 Å². The van der Waals surface area contributed by atoms with Crippen molar-refractivity contribution in [3.63, 3.8) is 0 Å². The summed E-state index contributed by atoms with van der Waals surface area (Å²) in [7, 11) is 1.74. The average Bonchev–Trinajstić information content (AvgIpc) is 2.58. The minimum absolute atomic E-state index is 0.0314. The molecule has 25 heavy (non-hydrogen) atoms. The van der Waals surface area contributed by atoms with Crippen LogP contribution in [0.25, 0.3) is 6.08 Å². The van der Waals surface area contributed by atoms with Crippen molar-refractivity contribution >= 4 is 28.7 Å². The number of hydrogen-bond acceptors (Lipinski definition) is 2. The first-order valence-electron chi connectivity index (χ1n) is 9.66. The Kier molecular flexibility index (Phi) is 4.58. The molecule has 1 aromatic carbocycles. The van der Waals surface area contributed by atoms with Crippen LogP contribution in [0, 0.1) is 33.2 Å². The van der Waals surface area contributed by atoms with E-state index in [1.54, 1.807) is 7.11 Å². The van der Waals surface area contributed by atoms with Gasteiger partial charge in [-0.05, 0) is 102 Å². The molecule has 4 aliphatic rings. The van der Waals surface area contributed by atoms with Gasteiger partial charge in [0.15, 0.2) is 11.5 Å². The molecular formula is C22H29IO2. The lowest BCUT2D eigenvalue weighted by atomic mass is 9.47. The molecule has 0 aromatic heterocycles. The van der Waals surface area contributed by atoms with Crippen molar-refractivity contribution < 1.29 is 9.47 Å². The molecule has 0 aliphatic heterocycles. The summed E-state index contributed by atoms with van der Waals surface area (Å²) >= 11 is 2.39. The molecule has 0 N–H and O–H groups in total. The highest BCUT2D eigenvalue weighted by molar-refractivity contribution is 14.1. The highest BCUT2D eigenvalue weighted by atomic mass is 127. The van der Waals surface area contributed by atoms with E-state index < -0.39 is 0 Å².